The summed E-state index contributed by atoms with van der Waals surface area (Å²) in [4.78, 5) is 85.4. The Morgan fingerprint density at radius 1 is 0.968 bits per heavy atom. The van der Waals surface area contributed by atoms with Crippen LogP contribution in [0.2, 0.25) is 0 Å². The van der Waals surface area contributed by atoms with Crippen LogP contribution in [0.25, 0.3) is 21.8 Å². The molecule has 1 atom stereocenters. The highest BCUT2D eigenvalue weighted by atomic mass is 32.2. The summed E-state index contributed by atoms with van der Waals surface area (Å²) in [5.74, 6) is -2.85. The Bertz CT molecular complexity index is 2630. The second kappa shape index (κ2) is 16.7. The number of carbonyl (C=O) groups excluding carboxylic acids is 5. The Balaban J connectivity index is 0.795. The van der Waals surface area contributed by atoms with Gasteiger partial charge >= 0.3 is 0 Å². The molecule has 17 nitrogen and oxygen atoms in total. The summed E-state index contributed by atoms with van der Waals surface area (Å²) < 4.78 is 43.5. The molecule has 4 aromatic rings. The maximum absolute atomic E-state index is 16.1. The van der Waals surface area contributed by atoms with Crippen LogP contribution < -0.4 is 20.7 Å². The van der Waals surface area contributed by atoms with Crippen LogP contribution in [-0.2, 0) is 24.4 Å². The van der Waals surface area contributed by atoms with E-state index < -0.39 is 45.5 Å². The molecule has 4 saturated heterocycles. The van der Waals surface area contributed by atoms with Gasteiger partial charge < -0.3 is 15.5 Å². The number of nitrogens with zero attached hydrogens (tertiary/aromatic N) is 7. The van der Waals surface area contributed by atoms with Gasteiger partial charge in [-0.05, 0) is 88.0 Å². The molecule has 2 aromatic carbocycles. The second-order valence-corrected chi connectivity index (χ2v) is 20.0. The van der Waals surface area contributed by atoms with E-state index >= 15 is 4.39 Å². The van der Waals surface area contributed by atoms with Crippen LogP contribution in [0.3, 0.4) is 0 Å². The summed E-state index contributed by atoms with van der Waals surface area (Å²) in [5.41, 5.74) is 8.15. The number of hydrogen-bond acceptors (Lipinski definition) is 14. The standard InChI is InChI=1S/C43H47FN10O7S2/c1-2-20-63(60,61)50-30-5-3-4-28(35(30)44)36-37(31-10-15-46-42(45)47-31)62-39(49-36)25-11-16-52(17-12-25)34(56)22-51-18-13-43(14-19-51)23-53(24-43)26-6-7-27-29(21-26)41(59)54(40(27)58)32-8-9-33(55)48-38(32)57/h3-7,10,15,21,25,32,50H,2,8-9,11-14,16-20,22-24H2,1H3,(H2,45,46,47)(H,48,55,57)/t32-/m1/s1. The van der Waals surface area contributed by atoms with Crippen molar-refractivity contribution in [1.29, 1.82) is 0 Å². The Labute approximate surface area is 367 Å². The van der Waals surface area contributed by atoms with Gasteiger partial charge in [0.2, 0.25) is 33.7 Å². The van der Waals surface area contributed by atoms with Crippen LogP contribution in [0, 0.1) is 11.2 Å². The van der Waals surface area contributed by atoms with Crippen molar-refractivity contribution in [2.45, 2.75) is 63.8 Å². The number of piperidine rings is 3. The number of carbonyl (C=O) groups is 5. The maximum Gasteiger partial charge on any atom is 0.262 e. The van der Waals surface area contributed by atoms with Crippen LogP contribution in [0.1, 0.15) is 83.5 Å². The third kappa shape index (κ3) is 8.26. The van der Waals surface area contributed by atoms with Crippen molar-refractivity contribution >= 4 is 68.2 Å². The molecule has 330 valence electrons. The van der Waals surface area contributed by atoms with Crippen LogP contribution in [0.5, 0.6) is 0 Å². The highest BCUT2D eigenvalue weighted by Crippen LogP contribution is 2.45. The van der Waals surface area contributed by atoms with Gasteiger partial charge in [-0.3, -0.25) is 43.8 Å². The number of amides is 5. The summed E-state index contributed by atoms with van der Waals surface area (Å²) in [6.45, 7) is 6.30. The lowest BCUT2D eigenvalue weighted by Gasteiger charge is -2.55. The number of nitrogens with two attached hydrogens (primary N) is 1. The molecule has 5 amide bonds. The Morgan fingerprint density at radius 3 is 2.43 bits per heavy atom. The van der Waals surface area contributed by atoms with Gasteiger partial charge in [-0.15, -0.1) is 11.3 Å². The number of sulfonamides is 1. The molecule has 20 heteroatoms. The average molecular weight is 899 g/mol. The SMILES string of the molecule is CCCS(=O)(=O)Nc1cccc(-c2nc(C3CCN(C(=O)CN4CCC5(CC4)CN(c4ccc6c(c4)C(=O)N([C@@H]4CCC(=O)NC4=O)C6=O)C5)CC3)sc2-c2ccnc(N)n2)c1F. The molecule has 9 rings (SSSR count). The van der Waals surface area contributed by atoms with Gasteiger partial charge in [0.1, 0.15) is 6.04 Å². The Kier molecular flexibility index (Phi) is 11.2. The second-order valence-electron chi connectivity index (χ2n) is 17.1. The largest absolute Gasteiger partial charge is 0.370 e. The molecule has 5 aliphatic rings. The summed E-state index contributed by atoms with van der Waals surface area (Å²) in [5, 5.41) is 3.00. The molecular formula is C43H47FN10O7S2. The number of hydrogen-bond donors (Lipinski definition) is 3. The molecule has 0 saturated carbocycles. The smallest absolute Gasteiger partial charge is 0.262 e. The minimum absolute atomic E-state index is 0.00463. The Hall–Kier alpha value is -5.86. The van der Waals surface area contributed by atoms with Gasteiger partial charge in [-0.2, -0.15) is 0 Å². The fraction of sp³-hybridized carbons (Fsp3) is 0.442. The molecule has 0 aliphatic carbocycles. The number of benzene rings is 2. The topological polar surface area (TPSA) is 221 Å². The first-order valence-electron chi connectivity index (χ1n) is 21.2. The van der Waals surface area contributed by atoms with Crippen molar-refractivity contribution in [2.75, 3.05) is 66.9 Å². The molecule has 4 fully saturated rings. The third-order valence-corrected chi connectivity index (χ3v) is 15.6. The number of aromatic nitrogens is 3. The molecule has 1 spiro atoms. The molecule has 2 aromatic heterocycles. The van der Waals surface area contributed by atoms with Crippen molar-refractivity contribution < 1.29 is 36.8 Å². The minimum atomic E-state index is -3.75. The summed E-state index contributed by atoms with van der Waals surface area (Å²) >= 11 is 1.38. The lowest BCUT2D eigenvalue weighted by atomic mass is 9.71. The Morgan fingerprint density at radius 2 is 1.71 bits per heavy atom. The van der Waals surface area contributed by atoms with Gasteiger partial charge in [0.05, 0.1) is 50.4 Å². The summed E-state index contributed by atoms with van der Waals surface area (Å²) in [6.07, 6.45) is 5.25. The maximum atomic E-state index is 16.1. The van der Waals surface area contributed by atoms with E-state index in [1.807, 2.05) is 11.0 Å². The normalized spacial score (nSPS) is 20.5. The van der Waals surface area contributed by atoms with E-state index in [1.165, 1.54) is 23.6 Å². The zero-order valence-electron chi connectivity index (χ0n) is 34.6. The highest BCUT2D eigenvalue weighted by Gasteiger charge is 2.48. The van der Waals surface area contributed by atoms with Gasteiger partial charge in [0.15, 0.2) is 5.82 Å². The first-order chi connectivity index (χ1) is 30.2. The number of nitrogen functional groups attached to an aromatic ring is 1. The van der Waals surface area contributed by atoms with Gasteiger partial charge in [0.25, 0.3) is 11.8 Å². The van der Waals surface area contributed by atoms with Crippen LogP contribution in [-0.4, -0.2) is 125 Å². The molecule has 7 heterocycles. The van der Waals surface area contributed by atoms with E-state index in [9.17, 15) is 32.4 Å². The highest BCUT2D eigenvalue weighted by molar-refractivity contribution is 7.92. The zero-order valence-corrected chi connectivity index (χ0v) is 36.3. The van der Waals surface area contributed by atoms with Crippen molar-refractivity contribution in [2.24, 2.45) is 5.41 Å². The van der Waals surface area contributed by atoms with E-state index in [0.29, 0.717) is 55.2 Å². The molecular weight excluding hydrogens is 852 g/mol. The fourth-order valence-corrected chi connectivity index (χ4v) is 11.8. The number of imide groups is 2. The van der Waals surface area contributed by atoms with Gasteiger partial charge in [-0.1, -0.05) is 13.0 Å². The predicted molar refractivity (Wildman–Crippen MR) is 233 cm³/mol. The number of nitrogens with one attached hydrogen (secondary N) is 2. The summed E-state index contributed by atoms with van der Waals surface area (Å²) in [7, 11) is -3.75. The number of fused-ring (bicyclic) bond motifs is 1. The van der Waals surface area contributed by atoms with Crippen molar-refractivity contribution in [3.8, 4) is 21.8 Å². The monoisotopic (exact) mass is 898 g/mol. The first kappa shape index (κ1) is 42.4. The molecule has 0 unspecified atom stereocenters. The number of likely N-dealkylation sites (tertiary alicyclic amines) is 2. The molecule has 63 heavy (non-hydrogen) atoms. The number of rotatable bonds is 11. The zero-order chi connectivity index (χ0) is 44.2. The molecule has 0 bridgehead atoms. The van der Waals surface area contributed by atoms with Crippen LogP contribution in [0.4, 0.5) is 21.7 Å². The van der Waals surface area contributed by atoms with E-state index in [2.05, 4.69) is 29.8 Å². The number of thiazole rings is 1. The van der Waals surface area contributed by atoms with Crippen molar-refractivity contribution in [3.05, 3.63) is 70.6 Å². The van der Waals surface area contributed by atoms with Crippen molar-refractivity contribution in [3.63, 3.8) is 0 Å². The summed E-state index contributed by atoms with van der Waals surface area (Å²) in [6, 6.07) is 10.4. The molecule has 4 N–H and O–H groups in total. The van der Waals surface area contributed by atoms with E-state index in [1.54, 1.807) is 37.3 Å². The van der Waals surface area contributed by atoms with Gasteiger partial charge in [-0.25, -0.2) is 27.8 Å². The predicted octanol–water partition coefficient (Wildman–Crippen LogP) is 3.85. The van der Waals surface area contributed by atoms with Gasteiger partial charge in [0, 0.05) is 61.4 Å². The van der Waals surface area contributed by atoms with E-state index in [0.717, 1.165) is 54.6 Å². The molecule has 0 radical (unpaired) electrons. The quantitative estimate of drug-likeness (QED) is 0.182. The third-order valence-electron chi connectivity index (χ3n) is 12.9. The van der Waals surface area contributed by atoms with Crippen LogP contribution >= 0.6 is 11.3 Å². The lowest BCUT2D eigenvalue weighted by Crippen LogP contribution is -2.61. The molecule has 5 aliphatic heterocycles. The lowest BCUT2D eigenvalue weighted by molar-refractivity contribution is -0.136. The van der Waals surface area contributed by atoms with Crippen LogP contribution in [0.15, 0.2) is 48.7 Å². The minimum Gasteiger partial charge on any atom is -0.370 e. The van der Waals surface area contributed by atoms with E-state index in [4.69, 9.17) is 10.7 Å². The first-order valence-corrected chi connectivity index (χ1v) is 23.7. The number of anilines is 3. The van der Waals surface area contributed by atoms with Crippen molar-refractivity contribution in [1.82, 2.24) is 35.0 Å². The fourth-order valence-electron chi connectivity index (χ4n) is 9.42. The van der Waals surface area contributed by atoms with E-state index in [-0.39, 0.29) is 64.2 Å². The average Bonchev–Trinajstić information content (AvgIpc) is 3.79. The number of halogens is 1.